The zero-order valence-electron chi connectivity index (χ0n) is 15.2. The third-order valence-electron chi connectivity index (χ3n) is 3.88. The number of benzene rings is 2. The molecule has 0 N–H and O–H groups in total. The number of rotatable bonds is 5. The molecule has 1 radical (unpaired) electrons. The van der Waals surface area contributed by atoms with Gasteiger partial charge in [-0.15, -0.1) is 0 Å². The van der Waals surface area contributed by atoms with E-state index < -0.39 is 7.95 Å². The second-order valence-corrected chi connectivity index (χ2v) is 12.7. The molecule has 0 saturated heterocycles. The predicted octanol–water partition coefficient (Wildman–Crippen LogP) is 3.30. The van der Waals surface area contributed by atoms with Crippen molar-refractivity contribution in [2.24, 2.45) is 7.05 Å². The molecule has 5 heteroatoms. The Bertz CT molecular complexity index is 771. The van der Waals surface area contributed by atoms with Gasteiger partial charge in [0.05, 0.1) is 0 Å². The van der Waals surface area contributed by atoms with Gasteiger partial charge in [0.15, 0.2) is 26.5 Å². The van der Waals surface area contributed by atoms with Crippen LogP contribution in [0.4, 0.5) is 0 Å². The fraction of sp³-hybridized carbons (Fsp3) is 0.300. The van der Waals surface area contributed by atoms with E-state index in [1.165, 1.54) is 20.9 Å². The average Bonchev–Trinajstić information content (AvgIpc) is 2.98. The van der Waals surface area contributed by atoms with E-state index in [0.717, 1.165) is 5.75 Å². The van der Waals surface area contributed by atoms with E-state index >= 15 is 0 Å². The van der Waals surface area contributed by atoms with E-state index in [9.17, 15) is 0 Å². The first-order valence-electron chi connectivity index (χ1n) is 8.43. The molecule has 0 spiro atoms. The quantitative estimate of drug-likeness (QED) is 0.496. The second kappa shape index (κ2) is 7.85. The van der Waals surface area contributed by atoms with Crippen LogP contribution in [0, 0.1) is 0 Å². The maximum absolute atomic E-state index is 4.74. The summed E-state index contributed by atoms with van der Waals surface area (Å²) in [5.74, 6) is 1.02. The van der Waals surface area contributed by atoms with Crippen LogP contribution in [0.1, 0.15) is 31.3 Å². The Labute approximate surface area is 160 Å². The largest absolute Gasteiger partial charge is 0.190 e. The van der Waals surface area contributed by atoms with Gasteiger partial charge in [-0.05, 0) is 14.4 Å². The summed E-state index contributed by atoms with van der Waals surface area (Å²) in [5, 5.41) is 7.65. The molecule has 2 nitrogen and oxygen atoms in total. The fourth-order valence-electron chi connectivity index (χ4n) is 2.73. The summed E-state index contributed by atoms with van der Waals surface area (Å²) in [6.07, 6.45) is 0. The van der Waals surface area contributed by atoms with Crippen LogP contribution in [0.15, 0.2) is 60.7 Å². The summed E-state index contributed by atoms with van der Waals surface area (Å²) in [4.78, 5) is 1.40. The normalized spacial score (nSPS) is 11.9. The van der Waals surface area contributed by atoms with Crippen LogP contribution in [0.2, 0.25) is 0 Å². The Morgan fingerprint density at radius 2 is 1.48 bits per heavy atom. The smallest absolute Gasteiger partial charge is 0.169 e. The molecular weight excluding hydrogens is 360 g/mol. The lowest BCUT2D eigenvalue weighted by Gasteiger charge is -2.17. The minimum atomic E-state index is -0.863. The lowest BCUT2D eigenvalue weighted by Crippen LogP contribution is -2.39. The molecule has 129 valence electrons. The van der Waals surface area contributed by atoms with Crippen LogP contribution in [0.3, 0.4) is 0 Å². The second-order valence-electron chi connectivity index (χ2n) is 7.03. The van der Waals surface area contributed by atoms with Crippen molar-refractivity contribution in [3.05, 3.63) is 71.2 Å². The third-order valence-corrected chi connectivity index (χ3v) is 10.1. The first-order valence-corrected chi connectivity index (χ1v) is 12.4. The summed E-state index contributed by atoms with van der Waals surface area (Å²) in [6.45, 7) is 6.74. The fourth-order valence-corrected chi connectivity index (χ4v) is 9.06. The van der Waals surface area contributed by atoms with E-state index in [4.69, 9.17) is 5.10 Å². The summed E-state index contributed by atoms with van der Waals surface area (Å²) >= 11 is 3.86. The molecule has 1 aromatic heterocycles. The van der Waals surface area contributed by atoms with E-state index in [1.54, 1.807) is 11.5 Å². The number of nitrogens with zero attached hydrogens (tertiary/aromatic N) is 2. The van der Waals surface area contributed by atoms with Gasteiger partial charge in [0.25, 0.3) is 0 Å². The van der Waals surface area contributed by atoms with Crippen molar-refractivity contribution in [3.63, 3.8) is 0 Å². The Hall–Kier alpha value is -1.43. The Morgan fingerprint density at radius 1 is 0.960 bits per heavy atom. The van der Waals surface area contributed by atoms with Gasteiger partial charge in [0.2, 0.25) is 0 Å². The zero-order valence-corrected chi connectivity index (χ0v) is 17.8. The molecule has 2 aromatic carbocycles. The molecular formula is C20H24N2S2Si+. The van der Waals surface area contributed by atoms with Gasteiger partial charge >= 0.3 is 0 Å². The summed E-state index contributed by atoms with van der Waals surface area (Å²) < 4.78 is 1.99. The van der Waals surface area contributed by atoms with Gasteiger partial charge in [-0.25, -0.2) is 0 Å². The Kier molecular flexibility index (Phi) is 5.77. The van der Waals surface area contributed by atoms with E-state index in [0.29, 0.717) is 0 Å². The average molecular weight is 385 g/mol. The number of aromatic nitrogens is 2. The zero-order chi connectivity index (χ0) is 17.9. The molecule has 0 aliphatic heterocycles. The molecule has 0 unspecified atom stereocenters. The van der Waals surface area contributed by atoms with Crippen LogP contribution in [0.5, 0.6) is 0 Å². The van der Waals surface area contributed by atoms with Crippen molar-refractivity contribution in [1.29, 1.82) is 0 Å². The van der Waals surface area contributed by atoms with Gasteiger partial charge in [0.1, 0.15) is 10.6 Å². The standard InChI is InChI=1S/C20H24N2S2Si/c1-20(2,3)19-18(24-22(4)21-19)15-23-25(16-11-7-5-8-12-16)17-13-9-6-10-14-17/h5-14H,15H2,1-4H3/q+1. The van der Waals surface area contributed by atoms with Crippen LogP contribution in [-0.4, -0.2) is 13.0 Å². The van der Waals surface area contributed by atoms with Gasteiger partial charge in [-0.2, -0.15) is 11.2 Å². The molecule has 0 aliphatic rings. The van der Waals surface area contributed by atoms with Crippen LogP contribution in [0.25, 0.3) is 0 Å². The number of hydrogen-bond donors (Lipinski definition) is 0. The lowest BCUT2D eigenvalue weighted by molar-refractivity contribution is -0.664. The van der Waals surface area contributed by atoms with Crippen LogP contribution < -0.4 is 14.4 Å². The highest BCUT2D eigenvalue weighted by molar-refractivity contribution is 8.27. The Morgan fingerprint density at radius 3 is 1.96 bits per heavy atom. The molecule has 0 aliphatic carbocycles. The third kappa shape index (κ3) is 4.60. The highest BCUT2D eigenvalue weighted by Crippen LogP contribution is 2.28. The first-order chi connectivity index (χ1) is 11.9. The van der Waals surface area contributed by atoms with Crippen molar-refractivity contribution < 1.29 is 4.07 Å². The molecule has 0 bridgehead atoms. The number of hydrogen-bond acceptors (Lipinski definition) is 3. The van der Waals surface area contributed by atoms with Gasteiger partial charge in [-0.1, -0.05) is 81.4 Å². The molecule has 0 amide bonds. The van der Waals surface area contributed by atoms with Gasteiger partial charge < -0.3 is 0 Å². The molecule has 3 aromatic rings. The van der Waals surface area contributed by atoms with Gasteiger partial charge in [-0.3, -0.25) is 0 Å². The van der Waals surface area contributed by atoms with Gasteiger partial charge in [0, 0.05) is 16.3 Å². The van der Waals surface area contributed by atoms with E-state index in [-0.39, 0.29) is 5.41 Å². The minimum absolute atomic E-state index is 0.0834. The van der Waals surface area contributed by atoms with E-state index in [2.05, 4.69) is 92.6 Å². The minimum Gasteiger partial charge on any atom is -0.169 e. The topological polar surface area (TPSA) is 16.8 Å². The maximum atomic E-state index is 4.74. The van der Waals surface area contributed by atoms with Crippen molar-refractivity contribution in [3.8, 4) is 0 Å². The van der Waals surface area contributed by atoms with Crippen molar-refractivity contribution >= 4 is 41.1 Å². The molecule has 0 atom stereocenters. The SMILES string of the molecule is C[n+]1nc(C(C)(C)C)c(CS[Si](c2ccccc2)c2ccccc2)s1. The molecule has 1 heterocycles. The van der Waals surface area contributed by atoms with Crippen molar-refractivity contribution in [2.75, 3.05) is 0 Å². The molecule has 25 heavy (non-hydrogen) atoms. The molecule has 3 rings (SSSR count). The van der Waals surface area contributed by atoms with Crippen LogP contribution in [-0.2, 0) is 18.2 Å². The highest BCUT2D eigenvalue weighted by Gasteiger charge is 2.28. The summed E-state index contributed by atoms with van der Waals surface area (Å²) in [5.41, 5.74) is 1.31. The monoisotopic (exact) mass is 384 g/mol. The predicted molar refractivity (Wildman–Crippen MR) is 111 cm³/mol. The number of aryl methyl sites for hydroxylation is 1. The molecule has 0 saturated carbocycles. The van der Waals surface area contributed by atoms with Crippen molar-refractivity contribution in [1.82, 2.24) is 5.10 Å². The highest BCUT2D eigenvalue weighted by atomic mass is 32.4. The van der Waals surface area contributed by atoms with Crippen LogP contribution >= 0.6 is 22.7 Å². The first kappa shape index (κ1) is 18.4. The summed E-state index contributed by atoms with van der Waals surface area (Å²) in [7, 11) is 1.17. The van der Waals surface area contributed by atoms with E-state index in [1.807, 2.05) is 11.1 Å². The maximum Gasteiger partial charge on any atom is 0.190 e. The molecule has 0 fully saturated rings. The Balaban J connectivity index is 1.88. The van der Waals surface area contributed by atoms with Crippen molar-refractivity contribution in [2.45, 2.75) is 31.9 Å². The lowest BCUT2D eigenvalue weighted by atomic mass is 9.92. The summed E-state index contributed by atoms with van der Waals surface area (Å²) in [6, 6.07) is 21.9.